The number of amides is 2. The zero-order valence-electron chi connectivity index (χ0n) is 21.1. The van der Waals surface area contributed by atoms with Crippen molar-refractivity contribution in [3.63, 3.8) is 0 Å². The summed E-state index contributed by atoms with van der Waals surface area (Å²) in [7, 11) is 0. The first-order chi connectivity index (χ1) is 17.1. The van der Waals surface area contributed by atoms with Gasteiger partial charge in [0.25, 0.3) is 5.91 Å². The fourth-order valence-corrected chi connectivity index (χ4v) is 4.97. The molecule has 6 nitrogen and oxygen atoms in total. The molecular weight excluding hydrogens is 452 g/mol. The zero-order valence-corrected chi connectivity index (χ0v) is 21.1. The van der Waals surface area contributed by atoms with Gasteiger partial charge in [0.05, 0.1) is 0 Å². The molecule has 0 aromatic heterocycles. The van der Waals surface area contributed by atoms with Gasteiger partial charge in [-0.25, -0.2) is 4.79 Å². The summed E-state index contributed by atoms with van der Waals surface area (Å²) < 4.78 is 0. The Balaban J connectivity index is 1.32. The number of hydrogen-bond acceptors (Lipinski definition) is 3. The summed E-state index contributed by atoms with van der Waals surface area (Å²) in [6, 6.07) is 20.7. The fourth-order valence-electron chi connectivity index (χ4n) is 4.97. The number of hydrogen-bond donors (Lipinski definition) is 3. The van der Waals surface area contributed by atoms with Gasteiger partial charge in [-0.05, 0) is 77.6 Å². The van der Waals surface area contributed by atoms with E-state index in [1.54, 1.807) is 0 Å². The Bertz CT molecular complexity index is 1250. The first-order valence-electron chi connectivity index (χ1n) is 12.5. The second-order valence-corrected chi connectivity index (χ2v) is 10.8. The summed E-state index contributed by atoms with van der Waals surface area (Å²) in [6.45, 7) is 5.45. The first-order valence-corrected chi connectivity index (χ1v) is 12.5. The summed E-state index contributed by atoms with van der Waals surface area (Å²) in [4.78, 5) is 37.1. The molecule has 1 aliphatic rings. The summed E-state index contributed by atoms with van der Waals surface area (Å²) in [6.07, 6.45) is 3.20. The summed E-state index contributed by atoms with van der Waals surface area (Å²) in [5.41, 5.74) is 2.00. The van der Waals surface area contributed by atoms with Crippen LogP contribution in [0.1, 0.15) is 68.3 Å². The van der Waals surface area contributed by atoms with Gasteiger partial charge < -0.3 is 15.7 Å². The Labute approximate surface area is 212 Å². The first kappa shape index (κ1) is 25.4. The lowest BCUT2D eigenvalue weighted by atomic mass is 9.78. The molecule has 0 heterocycles. The van der Waals surface area contributed by atoms with Crippen LogP contribution in [-0.2, 0) is 9.59 Å². The van der Waals surface area contributed by atoms with E-state index in [4.69, 9.17) is 0 Å². The smallest absolute Gasteiger partial charge is 0.326 e. The molecule has 3 aromatic rings. The van der Waals surface area contributed by atoms with E-state index in [9.17, 15) is 19.5 Å². The molecule has 0 saturated heterocycles. The Hall–Kier alpha value is -3.67. The largest absolute Gasteiger partial charge is 0.480 e. The van der Waals surface area contributed by atoms with E-state index in [-0.39, 0.29) is 17.7 Å². The normalized spacial score (nSPS) is 18.9. The molecule has 0 spiro atoms. The van der Waals surface area contributed by atoms with Gasteiger partial charge in [-0.15, -0.1) is 0 Å². The van der Waals surface area contributed by atoms with E-state index in [0.717, 1.165) is 42.1 Å². The zero-order chi connectivity index (χ0) is 25.9. The number of carboxylic acid groups (broad SMARTS) is 1. The van der Waals surface area contributed by atoms with Crippen molar-refractivity contribution in [2.45, 2.75) is 58.4 Å². The number of benzene rings is 3. The van der Waals surface area contributed by atoms with Gasteiger partial charge >= 0.3 is 5.97 Å². The van der Waals surface area contributed by atoms with Crippen LogP contribution >= 0.6 is 0 Å². The van der Waals surface area contributed by atoms with Crippen LogP contribution in [0.4, 0.5) is 5.69 Å². The second-order valence-electron chi connectivity index (χ2n) is 10.8. The van der Waals surface area contributed by atoms with Gasteiger partial charge in [-0.3, -0.25) is 9.59 Å². The van der Waals surface area contributed by atoms with Crippen molar-refractivity contribution in [1.29, 1.82) is 0 Å². The minimum absolute atomic E-state index is 0.144. The highest BCUT2D eigenvalue weighted by Gasteiger charge is 2.35. The van der Waals surface area contributed by atoms with Crippen LogP contribution in [0.25, 0.3) is 10.8 Å². The standard InChI is InChI=1S/C30H34N2O4/c1-30(2,3)26(29(35)36)32-27(33)22-11-8-20(9-12-22)21-14-16-25(17-15-21)31-28(34)24-13-10-19-6-4-5-7-23(19)18-24/h4-7,10,13-18,20,22,26H,8-9,11-12H2,1-3H3,(H,31,34)(H,32,33)(H,35,36)/t20?,22?,26-/m1/s1. The Morgan fingerprint density at radius 2 is 1.50 bits per heavy atom. The van der Waals surface area contributed by atoms with Crippen molar-refractivity contribution < 1.29 is 19.5 Å². The van der Waals surface area contributed by atoms with Gasteiger partial charge in [0.2, 0.25) is 5.91 Å². The Morgan fingerprint density at radius 1 is 0.861 bits per heavy atom. The minimum atomic E-state index is -1.00. The molecule has 2 amide bonds. The van der Waals surface area contributed by atoms with Gasteiger partial charge in [0.15, 0.2) is 0 Å². The van der Waals surface area contributed by atoms with Crippen LogP contribution in [0.5, 0.6) is 0 Å². The number of carboxylic acids is 1. The molecule has 4 rings (SSSR count). The molecule has 3 aromatic carbocycles. The Kier molecular flexibility index (Phi) is 7.43. The highest BCUT2D eigenvalue weighted by molar-refractivity contribution is 6.06. The van der Waals surface area contributed by atoms with E-state index in [0.29, 0.717) is 11.5 Å². The highest BCUT2D eigenvalue weighted by Crippen LogP contribution is 2.36. The minimum Gasteiger partial charge on any atom is -0.480 e. The van der Waals surface area contributed by atoms with E-state index < -0.39 is 17.4 Å². The molecule has 1 atom stereocenters. The number of nitrogens with one attached hydrogen (secondary N) is 2. The monoisotopic (exact) mass is 486 g/mol. The second kappa shape index (κ2) is 10.5. The molecule has 6 heteroatoms. The highest BCUT2D eigenvalue weighted by atomic mass is 16.4. The molecule has 1 aliphatic carbocycles. The van der Waals surface area contributed by atoms with Gasteiger partial charge in [0, 0.05) is 17.2 Å². The molecule has 188 valence electrons. The van der Waals surface area contributed by atoms with Crippen molar-refractivity contribution in [3.8, 4) is 0 Å². The van der Waals surface area contributed by atoms with Crippen LogP contribution in [0.2, 0.25) is 0 Å². The van der Waals surface area contributed by atoms with Crippen LogP contribution in [-0.4, -0.2) is 28.9 Å². The number of carbonyl (C=O) groups excluding carboxylic acids is 2. The average Bonchev–Trinajstić information content (AvgIpc) is 2.86. The number of carbonyl (C=O) groups is 3. The maximum atomic E-state index is 12.7. The van der Waals surface area contributed by atoms with E-state index >= 15 is 0 Å². The molecule has 0 bridgehead atoms. The lowest BCUT2D eigenvalue weighted by molar-refractivity contribution is -0.145. The van der Waals surface area contributed by atoms with Crippen LogP contribution in [0, 0.1) is 11.3 Å². The predicted octanol–water partition coefficient (Wildman–Crippen LogP) is 5.98. The third-order valence-electron chi connectivity index (χ3n) is 7.15. The summed E-state index contributed by atoms with van der Waals surface area (Å²) in [5.74, 6) is -1.13. The van der Waals surface area contributed by atoms with Crippen LogP contribution < -0.4 is 10.6 Å². The molecule has 36 heavy (non-hydrogen) atoms. The molecule has 1 fully saturated rings. The van der Waals surface area contributed by atoms with E-state index in [1.807, 2.05) is 87.5 Å². The quantitative estimate of drug-likeness (QED) is 0.399. The molecule has 0 aliphatic heterocycles. The van der Waals surface area contributed by atoms with Crippen LogP contribution in [0.3, 0.4) is 0 Å². The predicted molar refractivity (Wildman–Crippen MR) is 142 cm³/mol. The topological polar surface area (TPSA) is 95.5 Å². The molecular formula is C30H34N2O4. The molecule has 3 N–H and O–H groups in total. The van der Waals surface area contributed by atoms with Crippen LogP contribution in [0.15, 0.2) is 66.7 Å². The number of fused-ring (bicyclic) bond motifs is 1. The fraction of sp³-hybridized carbons (Fsp3) is 0.367. The van der Waals surface area contributed by atoms with Crippen molar-refractivity contribution in [1.82, 2.24) is 5.32 Å². The third-order valence-corrected chi connectivity index (χ3v) is 7.15. The molecule has 1 saturated carbocycles. The van der Waals surface area contributed by atoms with Gasteiger partial charge in [-0.2, -0.15) is 0 Å². The summed E-state index contributed by atoms with van der Waals surface area (Å²) in [5, 5.41) is 17.3. The number of aliphatic carboxylic acids is 1. The molecule has 0 radical (unpaired) electrons. The van der Waals surface area contributed by atoms with Crippen molar-refractivity contribution >= 4 is 34.2 Å². The maximum absolute atomic E-state index is 12.7. The Morgan fingerprint density at radius 3 is 2.11 bits per heavy atom. The lowest BCUT2D eigenvalue weighted by Gasteiger charge is -2.32. The van der Waals surface area contributed by atoms with Crippen molar-refractivity contribution in [3.05, 3.63) is 77.9 Å². The van der Waals surface area contributed by atoms with E-state index in [1.165, 1.54) is 5.56 Å². The maximum Gasteiger partial charge on any atom is 0.326 e. The number of rotatable bonds is 6. The van der Waals surface area contributed by atoms with Crippen molar-refractivity contribution in [2.75, 3.05) is 5.32 Å². The lowest BCUT2D eigenvalue weighted by Crippen LogP contribution is -2.51. The SMILES string of the molecule is CC(C)(C)[C@H](NC(=O)C1CCC(c2ccc(NC(=O)c3ccc4ccccc4c3)cc2)CC1)C(=O)O. The molecule has 0 unspecified atom stereocenters. The van der Waals surface area contributed by atoms with E-state index in [2.05, 4.69) is 10.6 Å². The third kappa shape index (κ3) is 5.93. The van der Waals surface area contributed by atoms with Gasteiger partial charge in [0.1, 0.15) is 6.04 Å². The van der Waals surface area contributed by atoms with Gasteiger partial charge in [-0.1, -0.05) is 63.2 Å². The average molecular weight is 487 g/mol. The van der Waals surface area contributed by atoms with Crippen molar-refractivity contribution in [2.24, 2.45) is 11.3 Å². The number of anilines is 1. The summed E-state index contributed by atoms with van der Waals surface area (Å²) >= 11 is 0.